The van der Waals surface area contributed by atoms with Gasteiger partial charge in [0.25, 0.3) is 0 Å². The van der Waals surface area contributed by atoms with Crippen molar-refractivity contribution in [3.05, 3.63) is 29.8 Å². The highest BCUT2D eigenvalue weighted by molar-refractivity contribution is 7.99. The molecule has 2 rings (SSSR count). The van der Waals surface area contributed by atoms with E-state index in [1.165, 1.54) is 10.5 Å². The number of nitrogens with zero attached hydrogens (tertiary/aromatic N) is 1. The van der Waals surface area contributed by atoms with Crippen LogP contribution in [-0.2, 0) is 4.79 Å². The number of benzene rings is 1. The van der Waals surface area contributed by atoms with Crippen molar-refractivity contribution in [1.82, 2.24) is 4.90 Å². The van der Waals surface area contributed by atoms with E-state index in [-0.39, 0.29) is 6.42 Å². The van der Waals surface area contributed by atoms with Gasteiger partial charge in [0.15, 0.2) is 0 Å². The van der Waals surface area contributed by atoms with Gasteiger partial charge in [0.2, 0.25) is 0 Å². The lowest BCUT2D eigenvalue weighted by atomic mass is 10.0. The lowest BCUT2D eigenvalue weighted by molar-refractivity contribution is -0.137. The van der Waals surface area contributed by atoms with E-state index in [2.05, 4.69) is 29.2 Å². The molecule has 0 bridgehead atoms. The van der Waals surface area contributed by atoms with Crippen LogP contribution in [0.1, 0.15) is 17.9 Å². The molecule has 1 aliphatic heterocycles. The number of aliphatic carboxylic acids is 1. The van der Waals surface area contributed by atoms with Gasteiger partial charge in [-0.25, -0.2) is 0 Å². The fourth-order valence-corrected chi connectivity index (χ4v) is 3.38. The minimum atomic E-state index is -0.724. The molecule has 17 heavy (non-hydrogen) atoms. The first-order valence-corrected chi connectivity index (χ1v) is 6.77. The van der Waals surface area contributed by atoms with Crippen LogP contribution in [0, 0.1) is 0 Å². The quantitative estimate of drug-likeness (QED) is 0.871. The molecule has 0 fully saturated rings. The molecule has 1 aliphatic rings. The van der Waals surface area contributed by atoms with Crippen molar-refractivity contribution >= 4 is 17.7 Å². The molecule has 1 heterocycles. The fraction of sp³-hybridized carbons (Fsp3) is 0.462. The summed E-state index contributed by atoms with van der Waals surface area (Å²) < 4.78 is 0. The van der Waals surface area contributed by atoms with Gasteiger partial charge in [-0.3, -0.25) is 4.79 Å². The van der Waals surface area contributed by atoms with E-state index in [9.17, 15) is 4.79 Å². The smallest absolute Gasteiger partial charge is 0.304 e. The molecular formula is C13H17NO2S. The van der Waals surface area contributed by atoms with Crippen molar-refractivity contribution in [1.29, 1.82) is 0 Å². The Hall–Kier alpha value is -1.00. The monoisotopic (exact) mass is 251 g/mol. The van der Waals surface area contributed by atoms with E-state index in [1.54, 1.807) is 0 Å². The van der Waals surface area contributed by atoms with E-state index in [0.717, 1.165) is 12.3 Å². The summed E-state index contributed by atoms with van der Waals surface area (Å²) in [5.74, 6) is 0.921. The lowest BCUT2D eigenvalue weighted by Crippen LogP contribution is -2.27. The first kappa shape index (κ1) is 12.5. The minimum Gasteiger partial charge on any atom is -0.481 e. The topological polar surface area (TPSA) is 40.5 Å². The van der Waals surface area contributed by atoms with Gasteiger partial charge in [0, 0.05) is 29.7 Å². The van der Waals surface area contributed by atoms with Crippen molar-refractivity contribution in [3.8, 4) is 0 Å². The predicted molar refractivity (Wildman–Crippen MR) is 69.7 cm³/mol. The maximum absolute atomic E-state index is 10.5. The number of carbonyl (C=O) groups is 1. The van der Waals surface area contributed by atoms with Crippen LogP contribution >= 0.6 is 11.8 Å². The van der Waals surface area contributed by atoms with Crippen molar-refractivity contribution in [2.45, 2.75) is 17.2 Å². The standard InChI is InChI=1S/C13H17NO2S/c1-14(7-6-13(15)16)8-10-9-17-12-5-3-2-4-11(10)12/h2-5,10H,6-9H2,1H3,(H,15,16). The summed E-state index contributed by atoms with van der Waals surface area (Å²) in [6, 6.07) is 8.50. The van der Waals surface area contributed by atoms with Gasteiger partial charge in [-0.1, -0.05) is 18.2 Å². The molecule has 4 heteroatoms. The normalized spacial score (nSPS) is 18.4. The third-order valence-corrected chi connectivity index (χ3v) is 4.29. The zero-order valence-corrected chi connectivity index (χ0v) is 10.7. The molecule has 0 spiro atoms. The Bertz CT molecular complexity index is 408. The number of likely N-dealkylation sites (N-methyl/N-ethyl adjacent to an activating group) is 1. The molecule has 0 saturated heterocycles. The molecular weight excluding hydrogens is 234 g/mol. The highest BCUT2D eigenvalue weighted by atomic mass is 32.2. The van der Waals surface area contributed by atoms with E-state index in [4.69, 9.17) is 5.11 Å². The second-order valence-corrected chi connectivity index (χ2v) is 5.51. The fourth-order valence-electron chi connectivity index (χ4n) is 2.13. The summed E-state index contributed by atoms with van der Waals surface area (Å²) in [7, 11) is 1.99. The number of rotatable bonds is 5. The first-order valence-electron chi connectivity index (χ1n) is 5.79. The third-order valence-electron chi connectivity index (χ3n) is 3.04. The average Bonchev–Trinajstić information content (AvgIpc) is 2.70. The van der Waals surface area contributed by atoms with Gasteiger partial charge in [0.05, 0.1) is 6.42 Å². The molecule has 92 valence electrons. The first-order chi connectivity index (χ1) is 8.16. The molecule has 1 unspecified atom stereocenters. The number of fused-ring (bicyclic) bond motifs is 1. The largest absolute Gasteiger partial charge is 0.481 e. The van der Waals surface area contributed by atoms with E-state index >= 15 is 0 Å². The molecule has 1 N–H and O–H groups in total. The molecule has 0 saturated carbocycles. The minimum absolute atomic E-state index is 0.220. The zero-order chi connectivity index (χ0) is 12.3. The number of hydrogen-bond donors (Lipinski definition) is 1. The second-order valence-electron chi connectivity index (χ2n) is 4.45. The molecule has 0 radical (unpaired) electrons. The Morgan fingerprint density at radius 1 is 1.53 bits per heavy atom. The number of carboxylic acids is 1. The van der Waals surface area contributed by atoms with Crippen molar-refractivity contribution < 1.29 is 9.90 Å². The maximum atomic E-state index is 10.5. The molecule has 3 nitrogen and oxygen atoms in total. The summed E-state index contributed by atoms with van der Waals surface area (Å²) in [6.07, 6.45) is 0.220. The second kappa shape index (κ2) is 5.56. The molecule has 1 aromatic carbocycles. The predicted octanol–water partition coefficient (Wildman–Crippen LogP) is 2.28. The van der Waals surface area contributed by atoms with Crippen molar-refractivity contribution in [2.75, 3.05) is 25.9 Å². The molecule has 0 amide bonds. The Labute approximate surface area is 106 Å². The Kier molecular flexibility index (Phi) is 4.07. The van der Waals surface area contributed by atoms with Crippen LogP contribution in [0.4, 0.5) is 0 Å². The summed E-state index contributed by atoms with van der Waals surface area (Å²) in [4.78, 5) is 14.0. The SMILES string of the molecule is CN(CCC(=O)O)CC1CSc2ccccc21. The lowest BCUT2D eigenvalue weighted by Gasteiger charge is -2.20. The van der Waals surface area contributed by atoms with Crippen LogP contribution in [0.2, 0.25) is 0 Å². The number of hydrogen-bond acceptors (Lipinski definition) is 3. The Morgan fingerprint density at radius 2 is 2.29 bits per heavy atom. The number of thioether (sulfide) groups is 1. The summed E-state index contributed by atoms with van der Waals surface area (Å²) in [5, 5.41) is 8.65. The summed E-state index contributed by atoms with van der Waals surface area (Å²) >= 11 is 1.90. The Balaban J connectivity index is 1.90. The van der Waals surface area contributed by atoms with Gasteiger partial charge in [-0.2, -0.15) is 0 Å². The van der Waals surface area contributed by atoms with Gasteiger partial charge in [-0.15, -0.1) is 11.8 Å². The van der Waals surface area contributed by atoms with E-state index < -0.39 is 5.97 Å². The van der Waals surface area contributed by atoms with Crippen molar-refractivity contribution in [2.24, 2.45) is 0 Å². The number of carboxylic acid groups (broad SMARTS) is 1. The summed E-state index contributed by atoms with van der Waals surface area (Å²) in [6.45, 7) is 1.57. The van der Waals surface area contributed by atoms with Crippen LogP contribution in [0.15, 0.2) is 29.2 Å². The van der Waals surface area contributed by atoms with Crippen LogP contribution in [-0.4, -0.2) is 41.9 Å². The molecule has 1 aromatic rings. The van der Waals surface area contributed by atoms with Gasteiger partial charge >= 0.3 is 5.97 Å². The third kappa shape index (κ3) is 3.23. The Morgan fingerprint density at radius 3 is 3.06 bits per heavy atom. The van der Waals surface area contributed by atoms with Gasteiger partial charge in [-0.05, 0) is 18.7 Å². The molecule has 0 aromatic heterocycles. The van der Waals surface area contributed by atoms with E-state index in [1.807, 2.05) is 18.8 Å². The maximum Gasteiger partial charge on any atom is 0.304 e. The van der Waals surface area contributed by atoms with Gasteiger partial charge < -0.3 is 10.0 Å². The molecule has 1 atom stereocenters. The van der Waals surface area contributed by atoms with E-state index in [0.29, 0.717) is 12.5 Å². The molecule has 0 aliphatic carbocycles. The van der Waals surface area contributed by atoms with Crippen LogP contribution in [0.5, 0.6) is 0 Å². The summed E-state index contributed by atoms with van der Waals surface area (Å²) in [5.41, 5.74) is 1.42. The van der Waals surface area contributed by atoms with Crippen LogP contribution < -0.4 is 0 Å². The highest BCUT2D eigenvalue weighted by Crippen LogP contribution is 2.39. The van der Waals surface area contributed by atoms with Crippen LogP contribution in [0.25, 0.3) is 0 Å². The zero-order valence-electron chi connectivity index (χ0n) is 9.93. The highest BCUT2D eigenvalue weighted by Gasteiger charge is 2.23. The van der Waals surface area contributed by atoms with Gasteiger partial charge in [0.1, 0.15) is 0 Å². The average molecular weight is 251 g/mol. The van der Waals surface area contributed by atoms with Crippen LogP contribution in [0.3, 0.4) is 0 Å². The van der Waals surface area contributed by atoms with Crippen molar-refractivity contribution in [3.63, 3.8) is 0 Å².